The Kier molecular flexibility index (Phi) is 5.15. The van der Waals surface area contributed by atoms with Gasteiger partial charge in [0.1, 0.15) is 5.02 Å². The van der Waals surface area contributed by atoms with Crippen LogP contribution in [0, 0.1) is 0 Å². The Labute approximate surface area is 151 Å². The van der Waals surface area contributed by atoms with Gasteiger partial charge in [-0.2, -0.15) is 9.78 Å². The van der Waals surface area contributed by atoms with E-state index in [2.05, 4.69) is 37.0 Å². The molecule has 0 aliphatic carbocycles. The third-order valence-corrected chi connectivity index (χ3v) is 4.91. The summed E-state index contributed by atoms with van der Waals surface area (Å²) < 4.78 is -0.725. The topological polar surface area (TPSA) is 52.0 Å². The predicted molar refractivity (Wildman–Crippen MR) is 90.1 cm³/mol. The third-order valence-electron chi connectivity index (χ3n) is 2.52. The molecule has 1 heterocycles. The smallest absolute Gasteiger partial charge is 0.289 e. The molecule has 0 bridgehead atoms. The van der Waals surface area contributed by atoms with Crippen molar-refractivity contribution in [1.29, 1.82) is 0 Å². The molecule has 1 aromatic carbocycles. The van der Waals surface area contributed by atoms with Gasteiger partial charge in [0.05, 0.1) is 11.2 Å². The van der Waals surface area contributed by atoms with Crippen LogP contribution in [-0.4, -0.2) is 15.6 Å². The van der Waals surface area contributed by atoms with Crippen LogP contribution in [0.4, 0.5) is 0 Å². The maximum atomic E-state index is 12.5. The van der Waals surface area contributed by atoms with Crippen LogP contribution in [0.25, 0.3) is 0 Å². The van der Waals surface area contributed by atoms with Gasteiger partial charge in [0.15, 0.2) is 0 Å². The van der Waals surface area contributed by atoms with E-state index >= 15 is 0 Å². The van der Waals surface area contributed by atoms with Gasteiger partial charge in [0.2, 0.25) is 9.14 Å². The van der Waals surface area contributed by atoms with E-state index in [1.54, 1.807) is 12.1 Å². The fourth-order valence-electron chi connectivity index (χ4n) is 1.48. The van der Waals surface area contributed by atoms with E-state index in [9.17, 15) is 9.59 Å². The number of aromatic nitrogens is 2. The highest BCUT2D eigenvalue weighted by Crippen LogP contribution is 2.35. The zero-order chi connectivity index (χ0) is 15.8. The lowest BCUT2D eigenvalue weighted by atomic mass is 10.1. The van der Waals surface area contributed by atoms with E-state index in [1.165, 1.54) is 18.3 Å². The van der Waals surface area contributed by atoms with Crippen LogP contribution < -0.4 is 5.56 Å². The summed E-state index contributed by atoms with van der Waals surface area (Å²) in [6.07, 6.45) is 1.18. The van der Waals surface area contributed by atoms with Crippen molar-refractivity contribution in [2.45, 2.75) is 3.36 Å². The van der Waals surface area contributed by atoms with Gasteiger partial charge in [0, 0.05) is 10.6 Å². The minimum Gasteiger partial charge on any atom is -0.289 e. The van der Waals surface area contributed by atoms with Crippen molar-refractivity contribution in [2.75, 3.05) is 0 Å². The van der Waals surface area contributed by atoms with Crippen molar-refractivity contribution in [1.82, 2.24) is 9.78 Å². The Balaban J connectivity index is 2.51. The highest BCUT2D eigenvalue weighted by Gasteiger charge is 2.38. The normalized spacial score (nSPS) is 11.5. The zero-order valence-corrected chi connectivity index (χ0v) is 15.4. The molecule has 0 saturated heterocycles. The SMILES string of the molecule is O=C(c1ccc(Cl)cc1)C(Br)(Br)n1ncc(Cl)c(Cl)c1=O. The first-order chi connectivity index (χ1) is 9.75. The number of nitrogens with zero attached hydrogens (tertiary/aromatic N) is 2. The second-order valence-corrected chi connectivity index (χ2v) is 8.48. The maximum Gasteiger partial charge on any atom is 0.289 e. The number of hydrogen-bond donors (Lipinski definition) is 0. The van der Waals surface area contributed by atoms with E-state index in [1.807, 2.05) is 0 Å². The number of hydrogen-bond acceptors (Lipinski definition) is 3. The summed E-state index contributed by atoms with van der Waals surface area (Å²) in [6, 6.07) is 6.20. The quantitative estimate of drug-likeness (QED) is 0.486. The Bertz CT molecular complexity index is 760. The molecule has 9 heteroatoms. The van der Waals surface area contributed by atoms with Gasteiger partial charge >= 0.3 is 0 Å². The van der Waals surface area contributed by atoms with E-state index < -0.39 is 14.7 Å². The minimum atomic E-state index is -1.58. The third kappa shape index (κ3) is 3.35. The number of Topliss-reactive ketones (excluding diaryl/α,β-unsaturated/α-hetero) is 1. The molecule has 1 aromatic heterocycles. The molecule has 0 N–H and O–H groups in total. The first-order valence-electron chi connectivity index (χ1n) is 5.37. The molecule has 0 aliphatic heterocycles. The van der Waals surface area contributed by atoms with Crippen molar-refractivity contribution in [2.24, 2.45) is 0 Å². The zero-order valence-electron chi connectivity index (χ0n) is 9.99. The van der Waals surface area contributed by atoms with Gasteiger partial charge in [-0.25, -0.2) is 0 Å². The molecule has 0 saturated carbocycles. The lowest BCUT2D eigenvalue weighted by Gasteiger charge is -2.20. The Morgan fingerprint density at radius 1 is 1.14 bits per heavy atom. The first-order valence-corrected chi connectivity index (χ1v) is 8.09. The highest BCUT2D eigenvalue weighted by atomic mass is 79.9. The van der Waals surface area contributed by atoms with Crippen LogP contribution in [0.3, 0.4) is 0 Å². The summed E-state index contributed by atoms with van der Waals surface area (Å²) in [4.78, 5) is 24.6. The molecule has 0 amide bonds. The Hall–Kier alpha value is -0.400. The number of alkyl halides is 2. The number of rotatable bonds is 3. The summed E-state index contributed by atoms with van der Waals surface area (Å²) in [5, 5.41) is 4.10. The monoisotopic (exact) mass is 472 g/mol. The van der Waals surface area contributed by atoms with E-state index in [-0.39, 0.29) is 10.0 Å². The van der Waals surface area contributed by atoms with E-state index in [0.29, 0.717) is 10.6 Å². The Morgan fingerprint density at radius 2 is 1.71 bits per heavy atom. The average Bonchev–Trinajstić information content (AvgIpc) is 2.44. The van der Waals surface area contributed by atoms with Gasteiger partial charge in [-0.1, -0.05) is 34.8 Å². The lowest BCUT2D eigenvalue weighted by Crippen LogP contribution is -2.40. The number of ketones is 1. The molecule has 0 unspecified atom stereocenters. The van der Waals surface area contributed by atoms with Gasteiger partial charge in [-0.15, -0.1) is 0 Å². The molecule has 2 aromatic rings. The lowest BCUT2D eigenvalue weighted by molar-refractivity contribution is 0.0950. The molecular formula is C12H5Br2Cl3N2O2. The van der Waals surface area contributed by atoms with Crippen LogP contribution in [0.5, 0.6) is 0 Å². The molecular weight excluding hydrogens is 470 g/mol. The molecule has 4 nitrogen and oxygen atoms in total. The molecule has 0 spiro atoms. The molecule has 0 fully saturated rings. The maximum absolute atomic E-state index is 12.5. The van der Waals surface area contributed by atoms with E-state index in [0.717, 1.165) is 4.68 Å². The standard InChI is InChI=1S/C12H5Br2Cl3N2O2/c13-12(14,10(20)6-1-3-7(15)4-2-6)19-11(21)9(17)8(16)5-18-19/h1-5H. The fraction of sp³-hybridized carbons (Fsp3) is 0.0833. The number of benzene rings is 1. The minimum absolute atomic E-state index is 0.00709. The van der Waals surface area contributed by atoms with Crippen molar-refractivity contribution < 1.29 is 4.79 Å². The van der Waals surface area contributed by atoms with Crippen molar-refractivity contribution in [3.05, 3.63) is 61.4 Å². The van der Waals surface area contributed by atoms with Gasteiger partial charge in [0.25, 0.3) is 5.56 Å². The molecule has 2 rings (SSSR count). The molecule has 0 aliphatic rings. The van der Waals surface area contributed by atoms with Crippen LogP contribution in [-0.2, 0) is 3.36 Å². The summed E-state index contributed by atoms with van der Waals surface area (Å²) >= 11 is 23.6. The van der Waals surface area contributed by atoms with Crippen LogP contribution in [0.15, 0.2) is 35.3 Å². The summed E-state index contributed by atoms with van der Waals surface area (Å²) in [6.45, 7) is 0. The van der Waals surface area contributed by atoms with Crippen LogP contribution in [0.2, 0.25) is 15.1 Å². The predicted octanol–water partition coefficient (Wildman–Crippen LogP) is 4.49. The molecule has 21 heavy (non-hydrogen) atoms. The number of halogens is 5. The van der Waals surface area contributed by atoms with Gasteiger partial charge in [-0.3, -0.25) is 9.59 Å². The summed E-state index contributed by atoms with van der Waals surface area (Å²) in [7, 11) is 0. The van der Waals surface area contributed by atoms with Crippen molar-refractivity contribution >= 4 is 72.4 Å². The average molecular weight is 475 g/mol. The van der Waals surface area contributed by atoms with Crippen molar-refractivity contribution in [3.63, 3.8) is 0 Å². The second kappa shape index (κ2) is 6.38. The van der Waals surface area contributed by atoms with Crippen molar-refractivity contribution in [3.8, 4) is 0 Å². The summed E-state index contributed by atoms with van der Waals surface area (Å²) in [5.74, 6) is -0.452. The summed E-state index contributed by atoms with van der Waals surface area (Å²) in [5.41, 5.74) is -0.381. The van der Waals surface area contributed by atoms with E-state index in [4.69, 9.17) is 34.8 Å². The Morgan fingerprint density at radius 3 is 2.29 bits per heavy atom. The van der Waals surface area contributed by atoms with Gasteiger partial charge in [-0.05, 0) is 56.1 Å². The number of carbonyl (C=O) groups excluding carboxylic acids is 1. The van der Waals surface area contributed by atoms with Crippen LogP contribution in [0.1, 0.15) is 10.4 Å². The largest absolute Gasteiger partial charge is 0.289 e. The number of carbonyl (C=O) groups is 1. The first kappa shape index (κ1) is 17.0. The molecule has 110 valence electrons. The second-order valence-electron chi connectivity index (χ2n) is 3.90. The fourth-order valence-corrected chi connectivity index (χ4v) is 2.83. The molecule has 0 atom stereocenters. The molecule has 0 radical (unpaired) electrons. The van der Waals surface area contributed by atoms with Crippen LogP contribution >= 0.6 is 66.7 Å². The van der Waals surface area contributed by atoms with Gasteiger partial charge < -0.3 is 0 Å². The highest BCUT2D eigenvalue weighted by molar-refractivity contribution is 9.25.